The number of amides is 1. The minimum absolute atomic E-state index is 0.0261. The highest BCUT2D eigenvalue weighted by Gasteiger charge is 2.16. The third-order valence-electron chi connectivity index (χ3n) is 5.04. The highest BCUT2D eigenvalue weighted by Crippen LogP contribution is 2.21. The molecule has 4 rings (SSSR count). The predicted octanol–water partition coefficient (Wildman–Crippen LogP) is 0.838. The van der Waals surface area contributed by atoms with Crippen molar-refractivity contribution in [2.45, 2.75) is 0 Å². The van der Waals surface area contributed by atoms with Crippen LogP contribution in [0.1, 0.15) is 10.4 Å². The van der Waals surface area contributed by atoms with E-state index in [1.807, 2.05) is 18.3 Å². The third-order valence-corrected chi connectivity index (χ3v) is 5.04. The summed E-state index contributed by atoms with van der Waals surface area (Å²) in [7, 11) is 0. The van der Waals surface area contributed by atoms with Crippen molar-refractivity contribution in [1.29, 1.82) is 0 Å². The van der Waals surface area contributed by atoms with E-state index in [4.69, 9.17) is 9.47 Å². The summed E-state index contributed by atoms with van der Waals surface area (Å²) in [5.41, 5.74) is 1.78. The number of aromatic nitrogens is 1. The molecule has 0 unspecified atom stereocenters. The number of pyridine rings is 1. The van der Waals surface area contributed by atoms with E-state index in [9.17, 15) is 4.79 Å². The minimum atomic E-state index is -0.0261. The number of fused-ring (bicyclic) bond motifs is 1. The Bertz CT molecular complexity index is 748. The number of carbonyl (C=O) groups is 1. The fourth-order valence-electron chi connectivity index (χ4n) is 3.53. The van der Waals surface area contributed by atoms with Crippen LogP contribution in [0.2, 0.25) is 0 Å². The second-order valence-corrected chi connectivity index (χ2v) is 6.71. The van der Waals surface area contributed by atoms with Crippen molar-refractivity contribution in [3.8, 4) is 0 Å². The second-order valence-electron chi connectivity index (χ2n) is 6.71. The normalized spacial score (nSPS) is 19.0. The van der Waals surface area contributed by atoms with Crippen molar-refractivity contribution in [1.82, 2.24) is 14.6 Å². The molecule has 0 bridgehead atoms. The lowest BCUT2D eigenvalue weighted by atomic mass is 10.2. The molecule has 4 heterocycles. The standard InChI is InChI=1S/C19H26N4O3/c24-19(20-5-6-21-7-11-25-12-8-21)16-1-2-17-3-4-18(23(17)15-16)22-9-13-26-14-10-22/h1-4,15H,5-14H2,(H,20,24). The van der Waals surface area contributed by atoms with Gasteiger partial charge in [0.2, 0.25) is 0 Å². The number of hydrogen-bond acceptors (Lipinski definition) is 5. The van der Waals surface area contributed by atoms with Crippen LogP contribution in [0.3, 0.4) is 0 Å². The van der Waals surface area contributed by atoms with Crippen molar-refractivity contribution in [3.05, 3.63) is 36.0 Å². The van der Waals surface area contributed by atoms with Gasteiger partial charge in [-0.25, -0.2) is 0 Å². The van der Waals surface area contributed by atoms with E-state index in [0.717, 1.165) is 70.5 Å². The molecule has 0 spiro atoms. The molecule has 2 saturated heterocycles. The fraction of sp³-hybridized carbons (Fsp3) is 0.526. The van der Waals surface area contributed by atoms with Gasteiger partial charge in [0, 0.05) is 51.0 Å². The number of nitrogens with one attached hydrogen (secondary N) is 1. The fourth-order valence-corrected chi connectivity index (χ4v) is 3.53. The molecular weight excluding hydrogens is 332 g/mol. The first-order valence-electron chi connectivity index (χ1n) is 9.33. The van der Waals surface area contributed by atoms with Gasteiger partial charge in [0.25, 0.3) is 5.91 Å². The molecule has 0 aliphatic carbocycles. The molecule has 2 aliphatic rings. The molecule has 140 valence electrons. The first kappa shape index (κ1) is 17.3. The minimum Gasteiger partial charge on any atom is -0.379 e. The molecule has 2 fully saturated rings. The molecule has 26 heavy (non-hydrogen) atoms. The van der Waals surface area contributed by atoms with Crippen LogP contribution in [0.5, 0.6) is 0 Å². The van der Waals surface area contributed by atoms with Crippen LogP contribution in [0.4, 0.5) is 5.82 Å². The molecular formula is C19H26N4O3. The molecule has 2 aromatic heterocycles. The largest absolute Gasteiger partial charge is 0.379 e. The van der Waals surface area contributed by atoms with Gasteiger partial charge in [0.1, 0.15) is 5.82 Å². The lowest BCUT2D eigenvalue weighted by molar-refractivity contribution is 0.0383. The molecule has 0 saturated carbocycles. The maximum atomic E-state index is 12.5. The number of rotatable bonds is 5. The SMILES string of the molecule is O=C(NCCN1CCOCC1)c1ccc2ccc(N3CCOCC3)n2c1. The monoisotopic (exact) mass is 358 g/mol. The molecule has 1 amide bonds. The number of ether oxygens (including phenoxy) is 2. The summed E-state index contributed by atoms with van der Waals surface area (Å²) in [6.45, 7) is 8.19. The van der Waals surface area contributed by atoms with Crippen molar-refractivity contribution in [2.75, 3.05) is 70.6 Å². The summed E-state index contributed by atoms with van der Waals surface area (Å²) in [5, 5.41) is 3.03. The van der Waals surface area contributed by atoms with E-state index < -0.39 is 0 Å². The van der Waals surface area contributed by atoms with Gasteiger partial charge in [-0.3, -0.25) is 9.69 Å². The average Bonchev–Trinajstić information content (AvgIpc) is 3.12. The van der Waals surface area contributed by atoms with Gasteiger partial charge in [0.15, 0.2) is 0 Å². The van der Waals surface area contributed by atoms with E-state index in [-0.39, 0.29) is 5.91 Å². The summed E-state index contributed by atoms with van der Waals surface area (Å²) in [6.07, 6.45) is 1.93. The highest BCUT2D eigenvalue weighted by molar-refractivity contribution is 5.94. The van der Waals surface area contributed by atoms with Crippen LogP contribution in [0.15, 0.2) is 30.5 Å². The number of carbonyl (C=O) groups excluding carboxylic acids is 1. The van der Waals surface area contributed by atoms with Gasteiger partial charge in [-0.2, -0.15) is 0 Å². The van der Waals surface area contributed by atoms with E-state index >= 15 is 0 Å². The summed E-state index contributed by atoms with van der Waals surface area (Å²) in [6, 6.07) is 8.09. The van der Waals surface area contributed by atoms with Gasteiger partial charge in [0.05, 0.1) is 32.0 Å². The smallest absolute Gasteiger partial charge is 0.252 e. The number of anilines is 1. The van der Waals surface area contributed by atoms with Crippen LogP contribution in [0, 0.1) is 0 Å². The molecule has 7 nitrogen and oxygen atoms in total. The molecule has 7 heteroatoms. The first-order chi connectivity index (χ1) is 12.8. The van der Waals surface area contributed by atoms with Crippen LogP contribution < -0.4 is 10.2 Å². The molecule has 0 aromatic carbocycles. The van der Waals surface area contributed by atoms with Crippen LogP contribution >= 0.6 is 0 Å². The summed E-state index contributed by atoms with van der Waals surface area (Å²) in [5.74, 6) is 1.09. The number of hydrogen-bond donors (Lipinski definition) is 1. The summed E-state index contributed by atoms with van der Waals surface area (Å²) in [4.78, 5) is 17.2. The zero-order valence-electron chi connectivity index (χ0n) is 15.0. The van der Waals surface area contributed by atoms with Gasteiger partial charge >= 0.3 is 0 Å². The maximum Gasteiger partial charge on any atom is 0.252 e. The molecule has 2 aliphatic heterocycles. The van der Waals surface area contributed by atoms with Gasteiger partial charge in [-0.05, 0) is 24.3 Å². The zero-order valence-corrected chi connectivity index (χ0v) is 15.0. The van der Waals surface area contributed by atoms with E-state index in [1.54, 1.807) is 0 Å². The van der Waals surface area contributed by atoms with E-state index in [2.05, 4.69) is 31.7 Å². The molecule has 1 N–H and O–H groups in total. The zero-order chi connectivity index (χ0) is 17.8. The van der Waals surface area contributed by atoms with Crippen molar-refractivity contribution >= 4 is 17.2 Å². The number of morpholine rings is 2. The second kappa shape index (κ2) is 8.07. The van der Waals surface area contributed by atoms with Crippen LogP contribution in [0.25, 0.3) is 5.52 Å². The Morgan fingerprint density at radius 1 is 0.962 bits per heavy atom. The van der Waals surface area contributed by atoms with E-state index in [1.165, 1.54) is 0 Å². The Kier molecular flexibility index (Phi) is 5.38. The molecule has 0 atom stereocenters. The Morgan fingerprint density at radius 2 is 1.65 bits per heavy atom. The summed E-state index contributed by atoms with van der Waals surface area (Å²) >= 11 is 0. The Labute approximate surface area is 153 Å². The van der Waals surface area contributed by atoms with Gasteiger partial charge in [-0.15, -0.1) is 0 Å². The maximum absolute atomic E-state index is 12.5. The Morgan fingerprint density at radius 3 is 2.42 bits per heavy atom. The average molecular weight is 358 g/mol. The predicted molar refractivity (Wildman–Crippen MR) is 100 cm³/mol. The molecule has 0 radical (unpaired) electrons. The topological polar surface area (TPSA) is 58.5 Å². The van der Waals surface area contributed by atoms with Crippen LogP contribution in [-0.4, -0.2) is 80.9 Å². The van der Waals surface area contributed by atoms with E-state index in [0.29, 0.717) is 12.1 Å². The quantitative estimate of drug-likeness (QED) is 0.858. The molecule has 2 aromatic rings. The Hall–Kier alpha value is -2.09. The number of nitrogens with zero attached hydrogens (tertiary/aromatic N) is 3. The summed E-state index contributed by atoms with van der Waals surface area (Å²) < 4.78 is 12.9. The van der Waals surface area contributed by atoms with Crippen molar-refractivity contribution < 1.29 is 14.3 Å². The van der Waals surface area contributed by atoms with Crippen molar-refractivity contribution in [3.63, 3.8) is 0 Å². The first-order valence-corrected chi connectivity index (χ1v) is 9.33. The lowest BCUT2D eigenvalue weighted by Gasteiger charge is -2.28. The van der Waals surface area contributed by atoms with Gasteiger partial charge < -0.3 is 24.1 Å². The Balaban J connectivity index is 1.41. The van der Waals surface area contributed by atoms with Gasteiger partial charge in [-0.1, -0.05) is 0 Å². The lowest BCUT2D eigenvalue weighted by Crippen LogP contribution is -2.41. The highest BCUT2D eigenvalue weighted by atomic mass is 16.5. The van der Waals surface area contributed by atoms with Crippen molar-refractivity contribution in [2.24, 2.45) is 0 Å². The van der Waals surface area contributed by atoms with Crippen LogP contribution in [-0.2, 0) is 9.47 Å². The third kappa shape index (κ3) is 3.85.